The van der Waals surface area contributed by atoms with Gasteiger partial charge in [-0.3, -0.25) is 4.79 Å². The summed E-state index contributed by atoms with van der Waals surface area (Å²) in [4.78, 5) is 24.7. The Kier molecular flexibility index (Phi) is 3.42. The van der Waals surface area contributed by atoms with Gasteiger partial charge >= 0.3 is 0 Å². The average Bonchev–Trinajstić information content (AvgIpc) is 2.54. The molecule has 0 radical (unpaired) electrons. The number of aromatic nitrogens is 3. The molecule has 1 aromatic carbocycles. The zero-order valence-corrected chi connectivity index (χ0v) is 11.4. The molecule has 6 nitrogen and oxygen atoms in total. The minimum atomic E-state index is -0.222. The number of rotatable bonds is 3. The van der Waals surface area contributed by atoms with Crippen LogP contribution in [0, 0.1) is 0 Å². The second kappa shape index (κ2) is 5.54. The maximum absolute atomic E-state index is 12.5. The van der Waals surface area contributed by atoms with Gasteiger partial charge in [-0.1, -0.05) is 18.2 Å². The van der Waals surface area contributed by atoms with Crippen LogP contribution in [0.2, 0.25) is 0 Å². The number of amides is 1. The smallest absolute Gasteiger partial charge is 0.256 e. The first-order valence-electron chi connectivity index (χ1n) is 6.42. The summed E-state index contributed by atoms with van der Waals surface area (Å²) in [6.07, 6.45) is 4.51. The van der Waals surface area contributed by atoms with Gasteiger partial charge in [0.15, 0.2) is 0 Å². The Labute approximate surface area is 121 Å². The largest absolute Gasteiger partial charge is 0.373 e. The number of pyridine rings is 1. The standard InChI is InChI=1S/C15H13N5O/c1-16-14-6-12(11-4-2-3-5-13(11)20-14)15(21)19-10-7-17-9-18-8-10/h2-9H,1H3,(H,16,20)(H,19,21). The van der Waals surface area contributed by atoms with Crippen LogP contribution in [-0.4, -0.2) is 27.9 Å². The molecule has 104 valence electrons. The Morgan fingerprint density at radius 3 is 2.67 bits per heavy atom. The summed E-state index contributed by atoms with van der Waals surface area (Å²) in [7, 11) is 1.77. The van der Waals surface area contributed by atoms with Crippen molar-refractivity contribution in [3.05, 3.63) is 54.6 Å². The van der Waals surface area contributed by atoms with Gasteiger partial charge in [0.2, 0.25) is 0 Å². The highest BCUT2D eigenvalue weighted by Crippen LogP contribution is 2.21. The predicted octanol–water partition coefficient (Wildman–Crippen LogP) is 2.32. The van der Waals surface area contributed by atoms with Gasteiger partial charge in [0.25, 0.3) is 5.91 Å². The molecule has 0 atom stereocenters. The topological polar surface area (TPSA) is 79.8 Å². The summed E-state index contributed by atoms with van der Waals surface area (Å²) >= 11 is 0. The van der Waals surface area contributed by atoms with Crippen LogP contribution in [0.1, 0.15) is 10.4 Å². The van der Waals surface area contributed by atoms with E-state index in [0.29, 0.717) is 17.1 Å². The van der Waals surface area contributed by atoms with Crippen molar-refractivity contribution in [2.45, 2.75) is 0 Å². The molecule has 0 fully saturated rings. The molecule has 3 aromatic rings. The van der Waals surface area contributed by atoms with E-state index < -0.39 is 0 Å². The van der Waals surface area contributed by atoms with Crippen molar-refractivity contribution in [1.82, 2.24) is 15.0 Å². The number of carbonyl (C=O) groups excluding carboxylic acids is 1. The van der Waals surface area contributed by atoms with Crippen LogP contribution in [0.5, 0.6) is 0 Å². The van der Waals surface area contributed by atoms with Crippen molar-refractivity contribution >= 4 is 28.3 Å². The molecule has 0 aliphatic heterocycles. The number of para-hydroxylation sites is 1. The van der Waals surface area contributed by atoms with E-state index >= 15 is 0 Å². The van der Waals surface area contributed by atoms with E-state index in [2.05, 4.69) is 25.6 Å². The minimum Gasteiger partial charge on any atom is -0.373 e. The fraction of sp³-hybridized carbons (Fsp3) is 0.0667. The molecule has 1 amide bonds. The second-order valence-corrected chi connectivity index (χ2v) is 4.40. The summed E-state index contributed by atoms with van der Waals surface area (Å²) in [5.74, 6) is 0.420. The van der Waals surface area contributed by atoms with Crippen LogP contribution in [0.25, 0.3) is 10.9 Å². The van der Waals surface area contributed by atoms with Crippen molar-refractivity contribution in [2.75, 3.05) is 17.7 Å². The number of hydrogen-bond acceptors (Lipinski definition) is 5. The SMILES string of the molecule is CNc1cc(C(=O)Nc2cncnc2)c2ccccc2n1. The van der Waals surface area contributed by atoms with E-state index in [4.69, 9.17) is 0 Å². The third-order valence-corrected chi connectivity index (χ3v) is 3.04. The molecule has 2 N–H and O–H groups in total. The molecule has 0 spiro atoms. The molecule has 6 heteroatoms. The van der Waals surface area contributed by atoms with Crippen LogP contribution < -0.4 is 10.6 Å². The maximum atomic E-state index is 12.5. The molecule has 0 unspecified atom stereocenters. The van der Waals surface area contributed by atoms with Crippen molar-refractivity contribution in [3.63, 3.8) is 0 Å². The Bertz CT molecular complexity index is 788. The summed E-state index contributed by atoms with van der Waals surface area (Å²) in [6, 6.07) is 9.24. The van der Waals surface area contributed by atoms with Crippen LogP contribution in [0.15, 0.2) is 49.1 Å². The fourth-order valence-electron chi connectivity index (χ4n) is 2.05. The predicted molar refractivity (Wildman–Crippen MR) is 81.3 cm³/mol. The zero-order valence-electron chi connectivity index (χ0n) is 11.4. The Hall–Kier alpha value is -3.02. The Morgan fingerprint density at radius 1 is 1.14 bits per heavy atom. The monoisotopic (exact) mass is 279 g/mol. The molecule has 2 aromatic heterocycles. The van der Waals surface area contributed by atoms with Crippen LogP contribution >= 0.6 is 0 Å². The summed E-state index contributed by atoms with van der Waals surface area (Å²) in [6.45, 7) is 0. The van der Waals surface area contributed by atoms with Crippen LogP contribution in [0.4, 0.5) is 11.5 Å². The molecule has 2 heterocycles. The molecule has 3 rings (SSSR count). The lowest BCUT2D eigenvalue weighted by molar-refractivity contribution is 0.102. The molecule has 0 aliphatic rings. The van der Waals surface area contributed by atoms with Gasteiger partial charge in [0, 0.05) is 12.4 Å². The number of anilines is 2. The highest BCUT2D eigenvalue weighted by atomic mass is 16.1. The van der Waals surface area contributed by atoms with Crippen molar-refractivity contribution < 1.29 is 4.79 Å². The van der Waals surface area contributed by atoms with E-state index in [1.165, 1.54) is 6.33 Å². The summed E-state index contributed by atoms with van der Waals surface area (Å²) in [5.41, 5.74) is 1.86. The van der Waals surface area contributed by atoms with Gasteiger partial charge in [0.1, 0.15) is 12.1 Å². The highest BCUT2D eigenvalue weighted by molar-refractivity contribution is 6.12. The Morgan fingerprint density at radius 2 is 1.90 bits per heavy atom. The zero-order chi connectivity index (χ0) is 14.7. The number of fused-ring (bicyclic) bond motifs is 1. The lowest BCUT2D eigenvalue weighted by Gasteiger charge is -2.09. The summed E-state index contributed by atoms with van der Waals surface area (Å²) < 4.78 is 0. The van der Waals surface area contributed by atoms with Gasteiger partial charge in [-0.2, -0.15) is 0 Å². The number of benzene rings is 1. The minimum absolute atomic E-state index is 0.222. The molecule has 0 saturated carbocycles. The first-order chi connectivity index (χ1) is 10.3. The number of carbonyl (C=O) groups is 1. The van der Waals surface area contributed by atoms with Gasteiger partial charge in [-0.25, -0.2) is 15.0 Å². The van der Waals surface area contributed by atoms with Gasteiger partial charge in [-0.05, 0) is 12.1 Å². The van der Waals surface area contributed by atoms with E-state index in [1.54, 1.807) is 25.5 Å². The highest BCUT2D eigenvalue weighted by Gasteiger charge is 2.13. The molecule has 0 bridgehead atoms. The molecule has 0 aliphatic carbocycles. The number of hydrogen-bond donors (Lipinski definition) is 2. The Balaban J connectivity index is 2.04. The second-order valence-electron chi connectivity index (χ2n) is 4.40. The third kappa shape index (κ3) is 2.64. The first-order valence-corrected chi connectivity index (χ1v) is 6.42. The number of nitrogens with zero attached hydrogens (tertiary/aromatic N) is 3. The van der Waals surface area contributed by atoms with E-state index in [0.717, 1.165) is 10.9 Å². The van der Waals surface area contributed by atoms with E-state index in [9.17, 15) is 4.79 Å². The van der Waals surface area contributed by atoms with Crippen molar-refractivity contribution in [1.29, 1.82) is 0 Å². The van der Waals surface area contributed by atoms with Gasteiger partial charge < -0.3 is 10.6 Å². The third-order valence-electron chi connectivity index (χ3n) is 3.04. The quantitative estimate of drug-likeness (QED) is 0.769. The lowest BCUT2D eigenvalue weighted by atomic mass is 10.1. The lowest BCUT2D eigenvalue weighted by Crippen LogP contribution is -2.13. The van der Waals surface area contributed by atoms with E-state index in [1.807, 2.05) is 24.3 Å². The van der Waals surface area contributed by atoms with Crippen molar-refractivity contribution in [2.24, 2.45) is 0 Å². The van der Waals surface area contributed by atoms with Crippen LogP contribution in [-0.2, 0) is 0 Å². The molecular formula is C15H13N5O. The fourth-order valence-corrected chi connectivity index (χ4v) is 2.05. The van der Waals surface area contributed by atoms with Gasteiger partial charge in [0.05, 0.1) is 29.2 Å². The molecular weight excluding hydrogens is 266 g/mol. The number of nitrogens with one attached hydrogen (secondary N) is 2. The molecule has 0 saturated heterocycles. The molecule has 21 heavy (non-hydrogen) atoms. The van der Waals surface area contributed by atoms with Crippen molar-refractivity contribution in [3.8, 4) is 0 Å². The van der Waals surface area contributed by atoms with Crippen LogP contribution in [0.3, 0.4) is 0 Å². The first kappa shape index (κ1) is 13.0. The maximum Gasteiger partial charge on any atom is 0.256 e. The average molecular weight is 279 g/mol. The van der Waals surface area contributed by atoms with E-state index in [-0.39, 0.29) is 5.91 Å². The normalized spacial score (nSPS) is 10.3. The summed E-state index contributed by atoms with van der Waals surface area (Å²) in [5, 5.41) is 6.54. The van der Waals surface area contributed by atoms with Gasteiger partial charge in [-0.15, -0.1) is 0 Å².